The molecule has 4 nitrogen and oxygen atoms in total. The molecule has 3 aromatic rings. The van der Waals surface area contributed by atoms with Crippen LogP contribution in [-0.4, -0.2) is 6.61 Å². The molecule has 3 rings (SSSR count). The molecule has 0 aliphatic carbocycles. The van der Waals surface area contributed by atoms with Crippen molar-refractivity contribution in [3.05, 3.63) is 81.2 Å². The topological polar surface area (TPSA) is 43.6 Å². The van der Waals surface area contributed by atoms with Crippen LogP contribution in [0.3, 0.4) is 0 Å². The van der Waals surface area contributed by atoms with Crippen LogP contribution in [0.25, 0.3) is 0 Å². The molecule has 1 N–H and O–H groups in total. The van der Waals surface area contributed by atoms with Gasteiger partial charge >= 0.3 is 0 Å². The first-order valence-electron chi connectivity index (χ1n) is 8.71. The molecule has 142 valence electrons. The predicted octanol–water partition coefficient (Wildman–Crippen LogP) is 5.96. The average molecular weight is 451 g/mol. The lowest BCUT2D eigenvalue weighted by molar-refractivity contribution is 0.269. The zero-order valence-electron chi connectivity index (χ0n) is 15.0. The first-order chi connectivity index (χ1) is 13.2. The third-order valence-electron chi connectivity index (χ3n) is 3.91. The van der Waals surface area contributed by atoms with Gasteiger partial charge in [-0.3, -0.25) is 0 Å². The van der Waals surface area contributed by atoms with Crippen LogP contribution >= 0.6 is 27.5 Å². The van der Waals surface area contributed by atoms with Crippen molar-refractivity contribution >= 4 is 27.5 Å². The molecule has 0 aliphatic heterocycles. The number of ether oxygens (including phenoxy) is 2. The van der Waals surface area contributed by atoms with Crippen molar-refractivity contribution in [2.24, 2.45) is 0 Å². The first kappa shape index (κ1) is 19.8. The second-order valence-electron chi connectivity index (χ2n) is 5.92. The Morgan fingerprint density at radius 3 is 2.52 bits per heavy atom. The molecule has 2 aromatic carbocycles. The summed E-state index contributed by atoms with van der Waals surface area (Å²) >= 11 is 9.56. The van der Waals surface area contributed by atoms with Crippen LogP contribution in [0, 0.1) is 0 Å². The summed E-state index contributed by atoms with van der Waals surface area (Å²) in [5.74, 6) is 2.33. The Balaban J connectivity index is 1.67. The van der Waals surface area contributed by atoms with Crippen molar-refractivity contribution in [2.75, 3.05) is 6.61 Å². The molecular formula is C21H21BrClNO3. The zero-order chi connectivity index (χ0) is 19.1. The van der Waals surface area contributed by atoms with Crippen molar-refractivity contribution in [1.82, 2.24) is 5.32 Å². The maximum atomic E-state index is 5.98. The summed E-state index contributed by atoms with van der Waals surface area (Å²) in [5.41, 5.74) is 2.13. The fourth-order valence-electron chi connectivity index (χ4n) is 2.57. The lowest BCUT2D eigenvalue weighted by atomic mass is 10.2. The van der Waals surface area contributed by atoms with Crippen LogP contribution in [-0.2, 0) is 19.7 Å². The predicted molar refractivity (Wildman–Crippen MR) is 110 cm³/mol. The van der Waals surface area contributed by atoms with E-state index in [9.17, 15) is 0 Å². The third-order valence-corrected chi connectivity index (χ3v) is 4.91. The quantitative estimate of drug-likeness (QED) is 0.436. The Morgan fingerprint density at radius 1 is 1.04 bits per heavy atom. The van der Waals surface area contributed by atoms with Gasteiger partial charge in [-0.2, -0.15) is 0 Å². The number of hydrogen-bond acceptors (Lipinski definition) is 4. The number of rotatable bonds is 9. The molecule has 0 aliphatic rings. The normalized spacial score (nSPS) is 10.8. The highest BCUT2D eigenvalue weighted by Crippen LogP contribution is 2.34. The van der Waals surface area contributed by atoms with Crippen LogP contribution in [0.1, 0.15) is 23.8 Å². The minimum absolute atomic E-state index is 0.444. The standard InChI is InChI=1S/C21H21BrClNO3/c1-2-25-20-10-16(12-24-13-18-4-3-9-26-18)19(22)11-21(20)27-14-15-5-7-17(23)8-6-15/h3-11,24H,2,12-14H2,1H3. The summed E-state index contributed by atoms with van der Waals surface area (Å²) in [6.07, 6.45) is 1.67. The van der Waals surface area contributed by atoms with Gasteiger partial charge in [-0.25, -0.2) is 0 Å². The van der Waals surface area contributed by atoms with Crippen LogP contribution in [0.15, 0.2) is 63.7 Å². The summed E-state index contributed by atoms with van der Waals surface area (Å²) in [4.78, 5) is 0. The number of nitrogens with one attached hydrogen (secondary N) is 1. The van der Waals surface area contributed by atoms with E-state index in [-0.39, 0.29) is 0 Å². The minimum Gasteiger partial charge on any atom is -0.490 e. The Kier molecular flexibility index (Phi) is 7.21. The van der Waals surface area contributed by atoms with E-state index >= 15 is 0 Å². The molecule has 0 amide bonds. The molecule has 0 bridgehead atoms. The molecule has 1 heterocycles. The minimum atomic E-state index is 0.444. The molecule has 6 heteroatoms. The molecule has 1 aromatic heterocycles. The third kappa shape index (κ3) is 5.76. The maximum absolute atomic E-state index is 5.98. The van der Waals surface area contributed by atoms with Crippen LogP contribution in [0.2, 0.25) is 5.02 Å². The molecule has 0 fully saturated rings. The summed E-state index contributed by atoms with van der Waals surface area (Å²) in [6.45, 7) is 4.31. The maximum Gasteiger partial charge on any atom is 0.162 e. The van der Waals surface area contributed by atoms with E-state index in [4.69, 9.17) is 25.5 Å². The highest BCUT2D eigenvalue weighted by molar-refractivity contribution is 9.10. The van der Waals surface area contributed by atoms with Crippen molar-refractivity contribution in [1.29, 1.82) is 0 Å². The van der Waals surface area contributed by atoms with Gasteiger partial charge in [0.2, 0.25) is 0 Å². The largest absolute Gasteiger partial charge is 0.490 e. The SMILES string of the molecule is CCOc1cc(CNCc2ccco2)c(Br)cc1OCc1ccc(Cl)cc1. The van der Waals surface area contributed by atoms with Gasteiger partial charge in [0.05, 0.1) is 19.4 Å². The van der Waals surface area contributed by atoms with E-state index in [0.29, 0.717) is 37.1 Å². The van der Waals surface area contributed by atoms with Crippen molar-refractivity contribution in [3.63, 3.8) is 0 Å². The fraction of sp³-hybridized carbons (Fsp3) is 0.238. The smallest absolute Gasteiger partial charge is 0.162 e. The van der Waals surface area contributed by atoms with Gasteiger partial charge < -0.3 is 19.2 Å². The Labute approximate surface area is 172 Å². The zero-order valence-corrected chi connectivity index (χ0v) is 17.3. The summed E-state index contributed by atoms with van der Waals surface area (Å²) in [6, 6.07) is 15.4. The molecule has 0 saturated carbocycles. The molecule has 0 saturated heterocycles. The Bertz CT molecular complexity index is 851. The highest BCUT2D eigenvalue weighted by atomic mass is 79.9. The molecule has 27 heavy (non-hydrogen) atoms. The molecule has 0 spiro atoms. The van der Waals surface area contributed by atoms with Gasteiger partial charge in [0, 0.05) is 16.0 Å². The van der Waals surface area contributed by atoms with E-state index < -0.39 is 0 Å². The lowest BCUT2D eigenvalue weighted by Crippen LogP contribution is -2.13. The Morgan fingerprint density at radius 2 is 1.81 bits per heavy atom. The van der Waals surface area contributed by atoms with Crippen LogP contribution < -0.4 is 14.8 Å². The first-order valence-corrected chi connectivity index (χ1v) is 9.88. The van der Waals surface area contributed by atoms with E-state index in [1.165, 1.54) is 0 Å². The van der Waals surface area contributed by atoms with Gasteiger partial charge in [-0.15, -0.1) is 0 Å². The number of furan rings is 1. The molecular weight excluding hydrogens is 430 g/mol. The Hall–Kier alpha value is -1.95. The molecule has 0 radical (unpaired) electrons. The molecule has 0 unspecified atom stereocenters. The number of halogens is 2. The van der Waals surface area contributed by atoms with Gasteiger partial charge in [-0.05, 0) is 54.4 Å². The average Bonchev–Trinajstić information content (AvgIpc) is 3.18. The second kappa shape index (κ2) is 9.83. The summed E-state index contributed by atoms with van der Waals surface area (Å²) < 4.78 is 18.1. The van der Waals surface area contributed by atoms with Crippen LogP contribution in [0.5, 0.6) is 11.5 Å². The van der Waals surface area contributed by atoms with Gasteiger partial charge in [0.15, 0.2) is 11.5 Å². The van der Waals surface area contributed by atoms with Crippen molar-refractivity contribution in [3.8, 4) is 11.5 Å². The van der Waals surface area contributed by atoms with E-state index in [2.05, 4.69) is 21.2 Å². The number of benzene rings is 2. The van der Waals surface area contributed by atoms with Crippen molar-refractivity contribution < 1.29 is 13.9 Å². The summed E-state index contributed by atoms with van der Waals surface area (Å²) in [5, 5.41) is 4.08. The fourth-order valence-corrected chi connectivity index (χ4v) is 3.16. The lowest BCUT2D eigenvalue weighted by Gasteiger charge is -2.15. The summed E-state index contributed by atoms with van der Waals surface area (Å²) in [7, 11) is 0. The van der Waals surface area contributed by atoms with E-state index in [1.807, 2.05) is 55.5 Å². The van der Waals surface area contributed by atoms with E-state index in [1.54, 1.807) is 6.26 Å². The van der Waals surface area contributed by atoms with Gasteiger partial charge in [0.25, 0.3) is 0 Å². The molecule has 0 atom stereocenters. The van der Waals surface area contributed by atoms with E-state index in [0.717, 1.165) is 27.1 Å². The monoisotopic (exact) mass is 449 g/mol. The highest BCUT2D eigenvalue weighted by Gasteiger charge is 2.11. The van der Waals surface area contributed by atoms with Gasteiger partial charge in [-0.1, -0.05) is 39.7 Å². The van der Waals surface area contributed by atoms with Crippen LogP contribution in [0.4, 0.5) is 0 Å². The van der Waals surface area contributed by atoms with Crippen molar-refractivity contribution in [2.45, 2.75) is 26.6 Å². The second-order valence-corrected chi connectivity index (χ2v) is 7.21. The number of hydrogen-bond donors (Lipinski definition) is 1. The van der Waals surface area contributed by atoms with Gasteiger partial charge in [0.1, 0.15) is 12.4 Å².